The highest BCUT2D eigenvalue weighted by molar-refractivity contribution is 5.69. The zero-order valence-electron chi connectivity index (χ0n) is 12.4. The predicted octanol–water partition coefficient (Wildman–Crippen LogP) is 3.62. The molecule has 0 N–H and O–H groups in total. The van der Waals surface area contributed by atoms with Crippen LogP contribution in [-0.2, 0) is 19.1 Å². The van der Waals surface area contributed by atoms with Gasteiger partial charge in [0.15, 0.2) is 0 Å². The van der Waals surface area contributed by atoms with Gasteiger partial charge in [-0.15, -0.1) is 0 Å². The van der Waals surface area contributed by atoms with Gasteiger partial charge in [0.1, 0.15) is 6.10 Å². The summed E-state index contributed by atoms with van der Waals surface area (Å²) in [5.41, 5.74) is 0. The number of carbonyl (C=O) groups is 2. The molecule has 19 heavy (non-hydrogen) atoms. The fourth-order valence-corrected chi connectivity index (χ4v) is 1.86. The average Bonchev–Trinajstić information content (AvgIpc) is 2.39. The van der Waals surface area contributed by atoms with Crippen molar-refractivity contribution in [2.45, 2.75) is 77.7 Å². The van der Waals surface area contributed by atoms with Gasteiger partial charge in [0.25, 0.3) is 6.47 Å². The molecule has 1 atom stereocenters. The van der Waals surface area contributed by atoms with E-state index < -0.39 is 0 Å². The van der Waals surface area contributed by atoms with Gasteiger partial charge in [-0.05, 0) is 32.1 Å². The number of unbranched alkanes of at least 4 members (excludes halogenated alkanes) is 3. The van der Waals surface area contributed by atoms with Crippen LogP contribution in [0.15, 0.2) is 0 Å². The normalized spacial score (nSPS) is 11.9. The first-order chi connectivity index (χ1) is 9.24. The molecule has 0 aromatic rings. The molecule has 0 aliphatic carbocycles. The molecule has 0 aliphatic rings. The Morgan fingerprint density at radius 2 is 1.74 bits per heavy atom. The maximum Gasteiger partial charge on any atom is 0.305 e. The lowest BCUT2D eigenvalue weighted by Gasteiger charge is -2.14. The molecule has 1 unspecified atom stereocenters. The fraction of sp³-hybridized carbons (Fsp3) is 0.867. The van der Waals surface area contributed by atoms with Crippen LogP contribution in [0.3, 0.4) is 0 Å². The summed E-state index contributed by atoms with van der Waals surface area (Å²) in [5, 5.41) is 0. The summed E-state index contributed by atoms with van der Waals surface area (Å²) in [6, 6.07) is 0. The van der Waals surface area contributed by atoms with Gasteiger partial charge in [0, 0.05) is 6.42 Å². The zero-order valence-corrected chi connectivity index (χ0v) is 12.4. The van der Waals surface area contributed by atoms with E-state index >= 15 is 0 Å². The van der Waals surface area contributed by atoms with Crippen LogP contribution >= 0.6 is 0 Å². The van der Waals surface area contributed by atoms with E-state index in [0.717, 1.165) is 51.4 Å². The second-order valence-electron chi connectivity index (χ2n) is 4.82. The Bertz CT molecular complexity index is 228. The van der Waals surface area contributed by atoms with Crippen LogP contribution in [-0.4, -0.2) is 25.2 Å². The minimum atomic E-state index is -0.146. The zero-order chi connectivity index (χ0) is 14.3. The molecule has 112 valence electrons. The van der Waals surface area contributed by atoms with Crippen molar-refractivity contribution in [3.05, 3.63) is 0 Å². The SMILES string of the molecule is CCCCCC(CCCC(=O)OCCCC)OC=O. The Kier molecular flexibility index (Phi) is 12.6. The molecule has 0 spiro atoms. The van der Waals surface area contributed by atoms with E-state index in [0.29, 0.717) is 19.5 Å². The number of hydrogen-bond donors (Lipinski definition) is 0. The van der Waals surface area contributed by atoms with Gasteiger partial charge in [0.05, 0.1) is 6.61 Å². The number of rotatable bonds is 13. The predicted molar refractivity (Wildman–Crippen MR) is 74.8 cm³/mol. The van der Waals surface area contributed by atoms with Gasteiger partial charge in [-0.2, -0.15) is 0 Å². The molecule has 0 aliphatic heterocycles. The third-order valence-electron chi connectivity index (χ3n) is 3.05. The van der Waals surface area contributed by atoms with Gasteiger partial charge >= 0.3 is 5.97 Å². The van der Waals surface area contributed by atoms with Gasteiger partial charge in [-0.25, -0.2) is 0 Å². The van der Waals surface area contributed by atoms with Crippen molar-refractivity contribution in [1.29, 1.82) is 0 Å². The van der Waals surface area contributed by atoms with Crippen LogP contribution in [0.4, 0.5) is 0 Å². The van der Waals surface area contributed by atoms with E-state index in [9.17, 15) is 9.59 Å². The molecular weight excluding hydrogens is 244 g/mol. The lowest BCUT2D eigenvalue weighted by Crippen LogP contribution is -2.13. The third-order valence-corrected chi connectivity index (χ3v) is 3.05. The van der Waals surface area contributed by atoms with Gasteiger partial charge in [0.2, 0.25) is 0 Å². The Morgan fingerprint density at radius 3 is 2.37 bits per heavy atom. The van der Waals surface area contributed by atoms with Crippen molar-refractivity contribution in [2.24, 2.45) is 0 Å². The number of hydrogen-bond acceptors (Lipinski definition) is 4. The summed E-state index contributed by atoms with van der Waals surface area (Å²) in [6.07, 6.45) is 8.02. The summed E-state index contributed by atoms with van der Waals surface area (Å²) < 4.78 is 10.1. The minimum absolute atomic E-state index is 0.0486. The fourth-order valence-electron chi connectivity index (χ4n) is 1.86. The standard InChI is InChI=1S/C15H28O4/c1-3-5-7-9-14(19-13-16)10-8-11-15(17)18-12-6-4-2/h13-14H,3-12H2,1-2H3. The molecule has 0 amide bonds. The van der Waals surface area contributed by atoms with Gasteiger partial charge in [-0.3, -0.25) is 9.59 Å². The smallest absolute Gasteiger partial charge is 0.305 e. The summed E-state index contributed by atoms with van der Waals surface area (Å²) in [6.45, 7) is 5.23. The first-order valence-corrected chi connectivity index (χ1v) is 7.49. The van der Waals surface area contributed by atoms with Gasteiger partial charge in [-0.1, -0.05) is 33.1 Å². The Morgan fingerprint density at radius 1 is 1.05 bits per heavy atom. The van der Waals surface area contributed by atoms with Crippen LogP contribution < -0.4 is 0 Å². The van der Waals surface area contributed by atoms with Crippen LogP contribution in [0.5, 0.6) is 0 Å². The van der Waals surface area contributed by atoms with Crippen molar-refractivity contribution in [3.63, 3.8) is 0 Å². The Hall–Kier alpha value is -1.06. The van der Waals surface area contributed by atoms with Crippen molar-refractivity contribution in [3.8, 4) is 0 Å². The first-order valence-electron chi connectivity index (χ1n) is 7.49. The van der Waals surface area contributed by atoms with E-state index in [1.54, 1.807) is 0 Å². The van der Waals surface area contributed by atoms with Crippen LogP contribution in [0.2, 0.25) is 0 Å². The van der Waals surface area contributed by atoms with Crippen molar-refractivity contribution in [1.82, 2.24) is 0 Å². The summed E-state index contributed by atoms with van der Waals surface area (Å²) in [4.78, 5) is 21.8. The van der Waals surface area contributed by atoms with Crippen molar-refractivity contribution in [2.75, 3.05) is 6.61 Å². The number of esters is 1. The van der Waals surface area contributed by atoms with Gasteiger partial charge < -0.3 is 9.47 Å². The number of ether oxygens (including phenoxy) is 2. The first kappa shape index (κ1) is 17.9. The number of carbonyl (C=O) groups excluding carboxylic acids is 2. The molecule has 4 heteroatoms. The topological polar surface area (TPSA) is 52.6 Å². The van der Waals surface area contributed by atoms with Crippen LogP contribution in [0.1, 0.15) is 71.6 Å². The van der Waals surface area contributed by atoms with E-state index in [-0.39, 0.29) is 12.1 Å². The van der Waals surface area contributed by atoms with Crippen molar-refractivity contribution >= 4 is 12.4 Å². The quantitative estimate of drug-likeness (QED) is 0.292. The molecular formula is C15H28O4. The molecule has 0 rings (SSSR count). The Balaban J connectivity index is 3.66. The highest BCUT2D eigenvalue weighted by Crippen LogP contribution is 2.13. The minimum Gasteiger partial charge on any atom is -0.466 e. The van der Waals surface area contributed by atoms with E-state index in [1.165, 1.54) is 0 Å². The molecule has 0 saturated carbocycles. The monoisotopic (exact) mass is 272 g/mol. The highest BCUT2D eigenvalue weighted by Gasteiger charge is 2.10. The second-order valence-corrected chi connectivity index (χ2v) is 4.82. The van der Waals surface area contributed by atoms with E-state index in [2.05, 4.69) is 13.8 Å². The third kappa shape index (κ3) is 11.7. The molecule has 0 fully saturated rings. The lowest BCUT2D eigenvalue weighted by atomic mass is 10.1. The Labute approximate surface area is 116 Å². The summed E-state index contributed by atoms with van der Waals surface area (Å²) in [7, 11) is 0. The lowest BCUT2D eigenvalue weighted by molar-refractivity contribution is -0.144. The highest BCUT2D eigenvalue weighted by atomic mass is 16.5. The maximum atomic E-state index is 11.4. The van der Waals surface area contributed by atoms with Crippen LogP contribution in [0, 0.1) is 0 Å². The summed E-state index contributed by atoms with van der Waals surface area (Å²) >= 11 is 0. The molecule has 0 saturated heterocycles. The van der Waals surface area contributed by atoms with Crippen molar-refractivity contribution < 1.29 is 19.1 Å². The molecule has 4 nitrogen and oxygen atoms in total. The molecule has 0 radical (unpaired) electrons. The second kappa shape index (κ2) is 13.4. The maximum absolute atomic E-state index is 11.4. The average molecular weight is 272 g/mol. The van der Waals surface area contributed by atoms with Crippen LogP contribution in [0.25, 0.3) is 0 Å². The van der Waals surface area contributed by atoms with E-state index in [4.69, 9.17) is 9.47 Å². The summed E-state index contributed by atoms with van der Waals surface area (Å²) in [5.74, 6) is -0.146. The molecule has 0 aromatic heterocycles. The molecule has 0 bridgehead atoms. The van der Waals surface area contributed by atoms with E-state index in [1.807, 2.05) is 0 Å². The largest absolute Gasteiger partial charge is 0.466 e. The molecule has 0 heterocycles. The molecule has 0 aromatic carbocycles.